The third-order valence-electron chi connectivity index (χ3n) is 1.99. The second kappa shape index (κ2) is 7.46. The number of halogens is 1. The predicted molar refractivity (Wildman–Crippen MR) is 66.6 cm³/mol. The first kappa shape index (κ1) is 13.3. The molecule has 0 unspecified atom stereocenters. The van der Waals surface area contributed by atoms with Crippen LogP contribution in [-0.2, 0) is 4.74 Å². The van der Waals surface area contributed by atoms with Crippen molar-refractivity contribution in [2.75, 3.05) is 19.8 Å². The van der Waals surface area contributed by atoms with Crippen molar-refractivity contribution in [1.29, 1.82) is 0 Å². The zero-order valence-corrected chi connectivity index (χ0v) is 11.0. The molecule has 1 heterocycles. The summed E-state index contributed by atoms with van der Waals surface area (Å²) in [4.78, 5) is 14.4. The molecule has 0 radical (unpaired) electrons. The van der Waals surface area contributed by atoms with Gasteiger partial charge in [-0.15, -0.1) is 0 Å². The van der Waals surface area contributed by atoms with E-state index in [1.54, 1.807) is 12.3 Å². The van der Waals surface area contributed by atoms with Crippen LogP contribution in [0, 0.1) is 0 Å². The molecule has 1 rings (SSSR count). The number of H-pyrrole nitrogens is 1. The fourth-order valence-corrected chi connectivity index (χ4v) is 1.56. The Morgan fingerprint density at radius 1 is 1.56 bits per heavy atom. The molecule has 16 heavy (non-hydrogen) atoms. The molecular weight excluding hydrogens is 272 g/mol. The number of aromatic amines is 1. The molecule has 0 aliphatic rings. The fourth-order valence-electron chi connectivity index (χ4n) is 1.22. The van der Waals surface area contributed by atoms with E-state index in [0.717, 1.165) is 23.9 Å². The number of amides is 1. The van der Waals surface area contributed by atoms with Crippen LogP contribution in [-0.4, -0.2) is 30.6 Å². The van der Waals surface area contributed by atoms with Gasteiger partial charge in [-0.05, 0) is 34.8 Å². The van der Waals surface area contributed by atoms with Gasteiger partial charge in [-0.25, -0.2) is 0 Å². The highest BCUT2D eigenvalue weighted by Gasteiger charge is 2.06. The summed E-state index contributed by atoms with van der Waals surface area (Å²) in [6.07, 6.45) is 3.61. The third kappa shape index (κ3) is 4.81. The van der Waals surface area contributed by atoms with Gasteiger partial charge in [0.1, 0.15) is 5.69 Å². The molecule has 0 aliphatic heterocycles. The molecule has 0 saturated carbocycles. The van der Waals surface area contributed by atoms with Gasteiger partial charge in [-0.2, -0.15) is 0 Å². The SMILES string of the molecule is CCCOCCCNC(=O)c1cc(Br)c[nH]1. The maximum absolute atomic E-state index is 11.5. The lowest BCUT2D eigenvalue weighted by molar-refractivity contribution is 0.0937. The lowest BCUT2D eigenvalue weighted by Crippen LogP contribution is -2.25. The number of hydrogen-bond donors (Lipinski definition) is 2. The van der Waals surface area contributed by atoms with E-state index >= 15 is 0 Å². The average Bonchev–Trinajstić information content (AvgIpc) is 2.70. The zero-order chi connectivity index (χ0) is 11.8. The molecule has 2 N–H and O–H groups in total. The highest BCUT2D eigenvalue weighted by Crippen LogP contribution is 2.10. The largest absolute Gasteiger partial charge is 0.381 e. The second-order valence-electron chi connectivity index (χ2n) is 3.45. The number of rotatable bonds is 7. The topological polar surface area (TPSA) is 54.1 Å². The van der Waals surface area contributed by atoms with Crippen molar-refractivity contribution in [2.24, 2.45) is 0 Å². The molecule has 0 bridgehead atoms. The summed E-state index contributed by atoms with van der Waals surface area (Å²) in [6, 6.07) is 1.75. The average molecular weight is 289 g/mol. The Balaban J connectivity index is 2.11. The van der Waals surface area contributed by atoms with Gasteiger partial charge in [0, 0.05) is 30.4 Å². The van der Waals surface area contributed by atoms with Crippen molar-refractivity contribution in [3.63, 3.8) is 0 Å². The number of aromatic nitrogens is 1. The summed E-state index contributed by atoms with van der Waals surface area (Å²) in [5, 5.41) is 2.82. The molecule has 1 aromatic rings. The van der Waals surface area contributed by atoms with E-state index in [9.17, 15) is 4.79 Å². The number of carbonyl (C=O) groups is 1. The summed E-state index contributed by atoms with van der Waals surface area (Å²) in [6.45, 7) is 4.20. The first-order valence-electron chi connectivity index (χ1n) is 5.44. The maximum atomic E-state index is 11.5. The van der Waals surface area contributed by atoms with Gasteiger partial charge in [0.2, 0.25) is 0 Å². The Hall–Kier alpha value is -0.810. The maximum Gasteiger partial charge on any atom is 0.267 e. The van der Waals surface area contributed by atoms with E-state index in [0.29, 0.717) is 18.8 Å². The molecule has 1 aromatic heterocycles. The summed E-state index contributed by atoms with van der Waals surface area (Å²) in [7, 11) is 0. The van der Waals surface area contributed by atoms with Crippen LogP contribution in [0.25, 0.3) is 0 Å². The van der Waals surface area contributed by atoms with Gasteiger partial charge in [-0.1, -0.05) is 6.92 Å². The molecule has 0 spiro atoms. The molecule has 0 fully saturated rings. The Morgan fingerprint density at radius 2 is 2.38 bits per heavy atom. The van der Waals surface area contributed by atoms with E-state index in [1.165, 1.54) is 0 Å². The Kier molecular flexibility index (Phi) is 6.18. The van der Waals surface area contributed by atoms with Gasteiger partial charge >= 0.3 is 0 Å². The molecule has 0 aliphatic carbocycles. The van der Waals surface area contributed by atoms with Gasteiger partial charge in [0.15, 0.2) is 0 Å². The van der Waals surface area contributed by atoms with Crippen molar-refractivity contribution >= 4 is 21.8 Å². The molecule has 0 saturated heterocycles. The monoisotopic (exact) mass is 288 g/mol. The van der Waals surface area contributed by atoms with Crippen LogP contribution in [0.15, 0.2) is 16.7 Å². The van der Waals surface area contributed by atoms with Crippen LogP contribution >= 0.6 is 15.9 Å². The van der Waals surface area contributed by atoms with E-state index in [2.05, 4.69) is 33.2 Å². The highest BCUT2D eigenvalue weighted by atomic mass is 79.9. The highest BCUT2D eigenvalue weighted by molar-refractivity contribution is 9.10. The first-order valence-corrected chi connectivity index (χ1v) is 6.23. The summed E-state index contributed by atoms with van der Waals surface area (Å²) in [5.74, 6) is -0.0822. The van der Waals surface area contributed by atoms with Gasteiger partial charge in [0.25, 0.3) is 5.91 Å². The number of carbonyl (C=O) groups excluding carboxylic acids is 1. The second-order valence-corrected chi connectivity index (χ2v) is 4.37. The number of ether oxygens (including phenoxy) is 1. The lowest BCUT2D eigenvalue weighted by Gasteiger charge is -2.04. The van der Waals surface area contributed by atoms with Crippen molar-refractivity contribution in [2.45, 2.75) is 19.8 Å². The first-order chi connectivity index (χ1) is 7.74. The summed E-state index contributed by atoms with van der Waals surface area (Å²) < 4.78 is 6.19. The van der Waals surface area contributed by atoms with Crippen molar-refractivity contribution in [1.82, 2.24) is 10.3 Å². The third-order valence-corrected chi connectivity index (χ3v) is 2.45. The lowest BCUT2D eigenvalue weighted by atomic mass is 10.4. The minimum Gasteiger partial charge on any atom is -0.381 e. The van der Waals surface area contributed by atoms with E-state index < -0.39 is 0 Å². The Bertz CT molecular complexity index is 326. The van der Waals surface area contributed by atoms with Crippen LogP contribution in [0.3, 0.4) is 0 Å². The van der Waals surface area contributed by atoms with Crippen molar-refractivity contribution in [3.05, 3.63) is 22.4 Å². The number of hydrogen-bond acceptors (Lipinski definition) is 2. The Labute approximate surface area is 104 Å². The van der Waals surface area contributed by atoms with Crippen LogP contribution in [0.2, 0.25) is 0 Å². The summed E-state index contributed by atoms with van der Waals surface area (Å²) >= 11 is 3.28. The molecule has 5 heteroatoms. The van der Waals surface area contributed by atoms with Gasteiger partial charge in [0.05, 0.1) is 0 Å². The molecule has 0 aromatic carbocycles. The van der Waals surface area contributed by atoms with Crippen LogP contribution in [0.4, 0.5) is 0 Å². The van der Waals surface area contributed by atoms with E-state index in [-0.39, 0.29) is 5.91 Å². The molecule has 1 amide bonds. The van der Waals surface area contributed by atoms with Crippen LogP contribution in [0.1, 0.15) is 30.3 Å². The van der Waals surface area contributed by atoms with Crippen molar-refractivity contribution in [3.8, 4) is 0 Å². The summed E-state index contributed by atoms with van der Waals surface area (Å²) in [5.41, 5.74) is 0.571. The molecule has 90 valence electrons. The number of nitrogens with one attached hydrogen (secondary N) is 2. The zero-order valence-electron chi connectivity index (χ0n) is 9.38. The van der Waals surface area contributed by atoms with Gasteiger partial charge < -0.3 is 15.0 Å². The quantitative estimate of drug-likeness (QED) is 0.757. The normalized spacial score (nSPS) is 10.4. The molecular formula is C11H17BrN2O2. The van der Waals surface area contributed by atoms with Crippen molar-refractivity contribution < 1.29 is 9.53 Å². The van der Waals surface area contributed by atoms with E-state index in [4.69, 9.17) is 4.74 Å². The fraction of sp³-hybridized carbons (Fsp3) is 0.545. The minimum atomic E-state index is -0.0822. The Morgan fingerprint density at radius 3 is 3.00 bits per heavy atom. The van der Waals surface area contributed by atoms with E-state index in [1.807, 2.05) is 0 Å². The van der Waals surface area contributed by atoms with Crippen LogP contribution < -0.4 is 5.32 Å². The minimum absolute atomic E-state index is 0.0822. The molecule has 4 nitrogen and oxygen atoms in total. The standard InChI is InChI=1S/C11H17BrN2O2/c1-2-5-16-6-3-4-13-11(15)10-7-9(12)8-14-10/h7-8,14H,2-6H2,1H3,(H,13,15). The smallest absolute Gasteiger partial charge is 0.267 e. The molecule has 0 atom stereocenters. The predicted octanol–water partition coefficient (Wildman–Crippen LogP) is 2.32. The van der Waals surface area contributed by atoms with Crippen LogP contribution in [0.5, 0.6) is 0 Å². The van der Waals surface area contributed by atoms with Gasteiger partial charge in [-0.3, -0.25) is 4.79 Å².